The number of anilines is 1. The molecule has 0 atom stereocenters. The standard InChI is InChI=1S/C25H30N4O2/c1-25(2,3)21-10-6-18(7-11-21)14-24(30)27-23-15-26-29(28-23)16-19-8-12-22(13-9-19)31-17-20-4-5-20/h6-13,15,20H,4-5,14,16-17H2,1-3H3,(H,27,28,30). The number of hydrogen-bond donors (Lipinski definition) is 1. The van der Waals surface area contributed by atoms with Crippen molar-refractivity contribution in [3.63, 3.8) is 0 Å². The molecule has 1 amide bonds. The molecule has 162 valence electrons. The van der Waals surface area contributed by atoms with E-state index in [0.717, 1.165) is 29.4 Å². The van der Waals surface area contributed by atoms with Crippen molar-refractivity contribution in [2.24, 2.45) is 5.92 Å². The lowest BCUT2D eigenvalue weighted by atomic mass is 9.86. The summed E-state index contributed by atoms with van der Waals surface area (Å²) in [5.41, 5.74) is 3.40. The third kappa shape index (κ3) is 6.17. The lowest BCUT2D eigenvalue weighted by Crippen LogP contribution is -2.16. The summed E-state index contributed by atoms with van der Waals surface area (Å²) in [6.07, 6.45) is 4.45. The number of hydrogen-bond acceptors (Lipinski definition) is 4. The van der Waals surface area contributed by atoms with E-state index >= 15 is 0 Å². The van der Waals surface area contributed by atoms with Gasteiger partial charge in [0.2, 0.25) is 5.91 Å². The molecular weight excluding hydrogens is 388 g/mol. The van der Waals surface area contributed by atoms with E-state index in [9.17, 15) is 4.79 Å². The molecule has 0 bridgehead atoms. The minimum Gasteiger partial charge on any atom is -0.493 e. The van der Waals surface area contributed by atoms with Crippen LogP contribution in [0.25, 0.3) is 0 Å². The maximum Gasteiger partial charge on any atom is 0.230 e. The van der Waals surface area contributed by atoms with E-state index in [1.807, 2.05) is 36.4 Å². The second-order valence-corrected chi connectivity index (χ2v) is 9.33. The summed E-state index contributed by atoms with van der Waals surface area (Å²) in [5, 5.41) is 11.5. The number of rotatable bonds is 8. The number of carbonyl (C=O) groups excluding carboxylic acids is 1. The van der Waals surface area contributed by atoms with E-state index in [-0.39, 0.29) is 11.3 Å². The van der Waals surface area contributed by atoms with Crippen molar-refractivity contribution in [3.05, 3.63) is 71.4 Å². The summed E-state index contributed by atoms with van der Waals surface area (Å²) < 4.78 is 5.77. The van der Waals surface area contributed by atoms with Crippen molar-refractivity contribution in [1.29, 1.82) is 0 Å². The molecule has 1 fully saturated rings. The maximum absolute atomic E-state index is 12.4. The van der Waals surface area contributed by atoms with E-state index in [1.165, 1.54) is 18.4 Å². The summed E-state index contributed by atoms with van der Waals surface area (Å²) >= 11 is 0. The quantitative estimate of drug-likeness (QED) is 0.581. The minimum absolute atomic E-state index is 0.100. The largest absolute Gasteiger partial charge is 0.493 e. The minimum atomic E-state index is -0.104. The lowest BCUT2D eigenvalue weighted by molar-refractivity contribution is -0.115. The van der Waals surface area contributed by atoms with Crippen LogP contribution in [0.15, 0.2) is 54.7 Å². The normalized spacial score (nSPS) is 13.8. The van der Waals surface area contributed by atoms with Gasteiger partial charge in [0.05, 0.1) is 25.8 Å². The molecule has 0 radical (unpaired) electrons. The molecule has 1 N–H and O–H groups in total. The van der Waals surface area contributed by atoms with Crippen LogP contribution in [0.1, 0.15) is 50.3 Å². The first-order valence-corrected chi connectivity index (χ1v) is 10.9. The highest BCUT2D eigenvalue weighted by atomic mass is 16.5. The molecule has 1 aromatic heterocycles. The van der Waals surface area contributed by atoms with E-state index in [1.54, 1.807) is 11.0 Å². The van der Waals surface area contributed by atoms with Crippen LogP contribution in [0.3, 0.4) is 0 Å². The molecule has 1 aliphatic carbocycles. The Morgan fingerprint density at radius 1 is 1.06 bits per heavy atom. The second-order valence-electron chi connectivity index (χ2n) is 9.33. The van der Waals surface area contributed by atoms with Crippen LogP contribution in [-0.4, -0.2) is 27.5 Å². The summed E-state index contributed by atoms with van der Waals surface area (Å²) in [6.45, 7) is 7.87. The Hall–Kier alpha value is -3.15. The topological polar surface area (TPSA) is 69.0 Å². The average molecular weight is 419 g/mol. The van der Waals surface area contributed by atoms with Gasteiger partial charge in [-0.1, -0.05) is 57.2 Å². The Balaban J connectivity index is 1.27. The van der Waals surface area contributed by atoms with Gasteiger partial charge in [0.1, 0.15) is 5.75 Å². The molecule has 1 heterocycles. The third-order valence-electron chi connectivity index (χ3n) is 5.42. The summed E-state index contributed by atoms with van der Waals surface area (Å²) in [4.78, 5) is 14.0. The number of ether oxygens (including phenoxy) is 1. The SMILES string of the molecule is CC(C)(C)c1ccc(CC(=O)Nc2cnn(Cc3ccc(OCC4CC4)cc3)n2)cc1. The number of aromatic nitrogens is 3. The van der Waals surface area contributed by atoms with Crippen LogP contribution in [0.2, 0.25) is 0 Å². The smallest absolute Gasteiger partial charge is 0.230 e. The van der Waals surface area contributed by atoms with Gasteiger partial charge in [0.25, 0.3) is 0 Å². The lowest BCUT2D eigenvalue weighted by Gasteiger charge is -2.19. The van der Waals surface area contributed by atoms with Gasteiger partial charge in [0, 0.05) is 0 Å². The third-order valence-corrected chi connectivity index (χ3v) is 5.42. The molecule has 2 aromatic carbocycles. The van der Waals surface area contributed by atoms with Crippen molar-refractivity contribution < 1.29 is 9.53 Å². The van der Waals surface area contributed by atoms with Gasteiger partial charge in [0.15, 0.2) is 5.82 Å². The molecule has 0 spiro atoms. The van der Waals surface area contributed by atoms with Crippen LogP contribution >= 0.6 is 0 Å². The second kappa shape index (κ2) is 8.92. The molecule has 4 rings (SSSR count). The summed E-state index contributed by atoms with van der Waals surface area (Å²) in [7, 11) is 0. The van der Waals surface area contributed by atoms with E-state index in [4.69, 9.17) is 4.74 Å². The molecule has 3 aromatic rings. The molecular formula is C25H30N4O2. The predicted octanol–water partition coefficient (Wildman–Crippen LogP) is 4.59. The molecule has 0 unspecified atom stereocenters. The zero-order chi connectivity index (χ0) is 21.8. The first-order chi connectivity index (χ1) is 14.8. The molecule has 0 aliphatic heterocycles. The van der Waals surface area contributed by atoms with Crippen molar-refractivity contribution in [2.75, 3.05) is 11.9 Å². The Bertz CT molecular complexity index is 1010. The first kappa shape index (κ1) is 21.1. The fraction of sp³-hybridized carbons (Fsp3) is 0.400. The number of benzene rings is 2. The molecule has 6 heteroatoms. The fourth-order valence-corrected chi connectivity index (χ4v) is 3.28. The molecule has 6 nitrogen and oxygen atoms in total. The van der Waals surface area contributed by atoms with E-state index < -0.39 is 0 Å². The fourth-order valence-electron chi connectivity index (χ4n) is 3.28. The number of nitrogens with one attached hydrogen (secondary N) is 1. The van der Waals surface area contributed by atoms with Crippen LogP contribution in [0.5, 0.6) is 5.75 Å². The number of amides is 1. The van der Waals surface area contributed by atoms with Gasteiger partial charge in [-0.25, -0.2) is 0 Å². The summed E-state index contributed by atoms with van der Waals surface area (Å²) in [6, 6.07) is 16.2. The van der Waals surface area contributed by atoms with Crippen molar-refractivity contribution in [2.45, 2.75) is 52.0 Å². The molecule has 1 saturated carbocycles. The zero-order valence-corrected chi connectivity index (χ0v) is 18.5. The highest BCUT2D eigenvalue weighted by Crippen LogP contribution is 2.29. The van der Waals surface area contributed by atoms with E-state index in [0.29, 0.717) is 18.8 Å². The molecule has 0 saturated heterocycles. The van der Waals surface area contributed by atoms with Gasteiger partial charge in [-0.2, -0.15) is 9.90 Å². The van der Waals surface area contributed by atoms with Crippen LogP contribution in [0, 0.1) is 5.92 Å². The van der Waals surface area contributed by atoms with Crippen LogP contribution in [0.4, 0.5) is 5.82 Å². The van der Waals surface area contributed by atoms with Crippen molar-refractivity contribution >= 4 is 11.7 Å². The Morgan fingerprint density at radius 2 is 1.74 bits per heavy atom. The maximum atomic E-state index is 12.4. The van der Waals surface area contributed by atoms with Crippen LogP contribution in [-0.2, 0) is 23.2 Å². The summed E-state index contributed by atoms with van der Waals surface area (Å²) in [5.74, 6) is 1.99. The molecule has 1 aliphatic rings. The number of carbonyl (C=O) groups is 1. The van der Waals surface area contributed by atoms with E-state index in [2.05, 4.69) is 48.4 Å². The Morgan fingerprint density at radius 3 is 2.39 bits per heavy atom. The van der Waals surface area contributed by atoms with Gasteiger partial charge in [-0.3, -0.25) is 4.79 Å². The molecule has 31 heavy (non-hydrogen) atoms. The first-order valence-electron chi connectivity index (χ1n) is 10.9. The number of nitrogens with zero attached hydrogens (tertiary/aromatic N) is 3. The Kier molecular flexibility index (Phi) is 6.07. The Labute approximate surface area is 183 Å². The van der Waals surface area contributed by atoms with Gasteiger partial charge >= 0.3 is 0 Å². The van der Waals surface area contributed by atoms with Crippen molar-refractivity contribution in [1.82, 2.24) is 15.0 Å². The monoisotopic (exact) mass is 418 g/mol. The zero-order valence-electron chi connectivity index (χ0n) is 18.5. The predicted molar refractivity (Wildman–Crippen MR) is 121 cm³/mol. The van der Waals surface area contributed by atoms with Crippen LogP contribution < -0.4 is 10.1 Å². The average Bonchev–Trinajstić information content (AvgIpc) is 3.46. The van der Waals surface area contributed by atoms with Gasteiger partial charge in [-0.15, -0.1) is 5.10 Å². The highest BCUT2D eigenvalue weighted by molar-refractivity contribution is 5.91. The van der Waals surface area contributed by atoms with Gasteiger partial charge < -0.3 is 10.1 Å². The highest BCUT2D eigenvalue weighted by Gasteiger charge is 2.21. The van der Waals surface area contributed by atoms with Crippen molar-refractivity contribution in [3.8, 4) is 5.75 Å². The van der Waals surface area contributed by atoms with Gasteiger partial charge in [-0.05, 0) is 53.0 Å².